The van der Waals surface area contributed by atoms with E-state index in [9.17, 15) is 9.59 Å². The molecule has 0 aliphatic carbocycles. The summed E-state index contributed by atoms with van der Waals surface area (Å²) in [6, 6.07) is 9.50. The van der Waals surface area contributed by atoms with Crippen LogP contribution in [0.5, 0.6) is 0 Å². The molecule has 1 N–H and O–H groups in total. The zero-order valence-corrected chi connectivity index (χ0v) is 12.2. The number of ether oxygens (including phenoxy) is 2. The summed E-state index contributed by atoms with van der Waals surface area (Å²) in [5.74, 6) is -0.702. The van der Waals surface area contributed by atoms with Crippen molar-refractivity contribution in [2.45, 2.75) is 31.7 Å². The van der Waals surface area contributed by atoms with Crippen molar-refractivity contribution in [3.63, 3.8) is 0 Å². The molecule has 1 aromatic carbocycles. The van der Waals surface area contributed by atoms with Gasteiger partial charge in [-0.2, -0.15) is 0 Å². The lowest BCUT2D eigenvalue weighted by molar-refractivity contribution is -0.149. The average molecular weight is 305 g/mol. The van der Waals surface area contributed by atoms with E-state index in [1.54, 1.807) is 4.90 Å². The Morgan fingerprint density at radius 1 is 1.32 bits per heavy atom. The summed E-state index contributed by atoms with van der Waals surface area (Å²) in [4.78, 5) is 24.7. The number of hydrogen-bond acceptors (Lipinski definition) is 4. The van der Waals surface area contributed by atoms with Gasteiger partial charge in [0, 0.05) is 6.54 Å². The van der Waals surface area contributed by atoms with Gasteiger partial charge >= 0.3 is 12.1 Å². The number of carboxylic acid groups (broad SMARTS) is 1. The molecule has 2 saturated heterocycles. The van der Waals surface area contributed by atoms with Crippen LogP contribution in [0, 0.1) is 5.92 Å². The molecule has 6 heteroatoms. The number of likely N-dealkylation sites (tertiary alicyclic amines) is 1. The van der Waals surface area contributed by atoms with Crippen LogP contribution in [-0.4, -0.2) is 47.4 Å². The first-order valence-electron chi connectivity index (χ1n) is 7.47. The first-order valence-corrected chi connectivity index (χ1v) is 7.47. The molecule has 0 unspecified atom stereocenters. The van der Waals surface area contributed by atoms with Crippen molar-refractivity contribution < 1.29 is 24.2 Å². The zero-order chi connectivity index (χ0) is 15.5. The SMILES string of the molecule is O=C(O)[C@@H]1C[C@@H]2CCN(C(=O)OCc3ccccc3)C[C@@H]2O1. The molecular weight excluding hydrogens is 286 g/mol. The lowest BCUT2D eigenvalue weighted by atomic mass is 9.92. The van der Waals surface area contributed by atoms with E-state index in [1.807, 2.05) is 30.3 Å². The molecule has 1 aromatic rings. The molecule has 0 radical (unpaired) electrons. The van der Waals surface area contributed by atoms with Crippen LogP contribution in [0.15, 0.2) is 30.3 Å². The van der Waals surface area contributed by atoms with Crippen LogP contribution in [0.4, 0.5) is 4.79 Å². The number of piperidine rings is 1. The van der Waals surface area contributed by atoms with Gasteiger partial charge < -0.3 is 19.5 Å². The van der Waals surface area contributed by atoms with Crippen LogP contribution in [0.3, 0.4) is 0 Å². The van der Waals surface area contributed by atoms with Gasteiger partial charge in [0.1, 0.15) is 6.61 Å². The monoisotopic (exact) mass is 305 g/mol. The van der Waals surface area contributed by atoms with Crippen molar-refractivity contribution in [2.75, 3.05) is 13.1 Å². The third-order valence-corrected chi connectivity index (χ3v) is 4.29. The molecule has 2 heterocycles. The van der Waals surface area contributed by atoms with Gasteiger partial charge in [-0.1, -0.05) is 30.3 Å². The second-order valence-corrected chi connectivity index (χ2v) is 5.77. The van der Waals surface area contributed by atoms with Crippen molar-refractivity contribution in [1.82, 2.24) is 4.90 Å². The van der Waals surface area contributed by atoms with Crippen molar-refractivity contribution >= 4 is 12.1 Å². The van der Waals surface area contributed by atoms with Crippen LogP contribution in [0.2, 0.25) is 0 Å². The maximum Gasteiger partial charge on any atom is 0.410 e. The number of rotatable bonds is 3. The van der Waals surface area contributed by atoms with Crippen molar-refractivity contribution in [1.29, 1.82) is 0 Å². The van der Waals surface area contributed by atoms with Crippen LogP contribution in [0.1, 0.15) is 18.4 Å². The Morgan fingerprint density at radius 2 is 2.09 bits per heavy atom. The second kappa shape index (κ2) is 6.36. The fourth-order valence-electron chi connectivity index (χ4n) is 3.07. The Hall–Kier alpha value is -2.08. The highest BCUT2D eigenvalue weighted by Crippen LogP contribution is 2.33. The Balaban J connectivity index is 1.51. The van der Waals surface area contributed by atoms with Crippen LogP contribution >= 0.6 is 0 Å². The first kappa shape index (κ1) is 14.8. The van der Waals surface area contributed by atoms with E-state index >= 15 is 0 Å². The Bertz CT molecular complexity index is 547. The van der Waals surface area contributed by atoms with E-state index < -0.39 is 12.1 Å². The molecule has 3 rings (SSSR count). The van der Waals surface area contributed by atoms with E-state index in [1.165, 1.54) is 0 Å². The minimum Gasteiger partial charge on any atom is -0.479 e. The number of benzene rings is 1. The summed E-state index contributed by atoms with van der Waals surface area (Å²) in [5, 5.41) is 9.02. The maximum atomic E-state index is 12.1. The fourth-order valence-corrected chi connectivity index (χ4v) is 3.07. The number of amides is 1. The summed E-state index contributed by atoms with van der Waals surface area (Å²) in [6.45, 7) is 1.23. The lowest BCUT2D eigenvalue weighted by Gasteiger charge is -2.33. The van der Waals surface area contributed by atoms with E-state index in [0.29, 0.717) is 19.5 Å². The Morgan fingerprint density at radius 3 is 2.82 bits per heavy atom. The third-order valence-electron chi connectivity index (χ3n) is 4.29. The summed E-state index contributed by atoms with van der Waals surface area (Å²) >= 11 is 0. The topological polar surface area (TPSA) is 76.1 Å². The smallest absolute Gasteiger partial charge is 0.410 e. The molecule has 22 heavy (non-hydrogen) atoms. The first-order chi connectivity index (χ1) is 10.6. The predicted octanol–water partition coefficient (Wildman–Crippen LogP) is 1.89. The quantitative estimate of drug-likeness (QED) is 0.923. The molecule has 3 atom stereocenters. The molecule has 6 nitrogen and oxygen atoms in total. The Labute approximate surface area is 128 Å². The van der Waals surface area contributed by atoms with E-state index in [4.69, 9.17) is 14.6 Å². The molecule has 0 bridgehead atoms. The van der Waals surface area contributed by atoms with Gasteiger partial charge in [0.05, 0.1) is 12.6 Å². The van der Waals surface area contributed by atoms with E-state index in [0.717, 1.165) is 12.0 Å². The van der Waals surface area contributed by atoms with E-state index in [2.05, 4.69) is 0 Å². The molecule has 2 fully saturated rings. The standard InChI is InChI=1S/C16H19NO5/c18-15(19)13-8-12-6-7-17(9-14(12)22-13)16(20)21-10-11-4-2-1-3-5-11/h1-5,12-14H,6-10H2,(H,18,19)/t12-,13-,14-/m0/s1. The number of carboxylic acids is 1. The fraction of sp³-hybridized carbons (Fsp3) is 0.500. The van der Waals surface area contributed by atoms with Crippen LogP contribution in [-0.2, 0) is 20.9 Å². The van der Waals surface area contributed by atoms with Crippen LogP contribution < -0.4 is 0 Å². The van der Waals surface area contributed by atoms with Gasteiger partial charge in [-0.25, -0.2) is 9.59 Å². The molecular formula is C16H19NO5. The van der Waals surface area contributed by atoms with Gasteiger partial charge in [-0.3, -0.25) is 0 Å². The molecule has 2 aliphatic rings. The minimum atomic E-state index is -0.924. The summed E-state index contributed by atoms with van der Waals surface area (Å²) < 4.78 is 10.8. The highest BCUT2D eigenvalue weighted by Gasteiger charge is 2.43. The molecule has 1 amide bonds. The third kappa shape index (κ3) is 3.22. The summed E-state index contributed by atoms with van der Waals surface area (Å²) in [7, 11) is 0. The maximum absolute atomic E-state index is 12.1. The van der Waals surface area contributed by atoms with Crippen molar-refractivity contribution in [3.8, 4) is 0 Å². The minimum absolute atomic E-state index is 0.195. The van der Waals surface area contributed by atoms with E-state index in [-0.39, 0.29) is 24.7 Å². The number of fused-ring (bicyclic) bond motifs is 1. The number of carbonyl (C=O) groups excluding carboxylic acids is 1. The largest absolute Gasteiger partial charge is 0.479 e. The van der Waals surface area contributed by atoms with Gasteiger partial charge in [-0.05, 0) is 24.3 Å². The van der Waals surface area contributed by atoms with Gasteiger partial charge in [0.15, 0.2) is 6.10 Å². The highest BCUT2D eigenvalue weighted by atomic mass is 16.6. The number of hydrogen-bond donors (Lipinski definition) is 1. The predicted molar refractivity (Wildman–Crippen MR) is 77.2 cm³/mol. The number of nitrogens with zero attached hydrogens (tertiary/aromatic N) is 1. The van der Waals surface area contributed by atoms with Crippen LogP contribution in [0.25, 0.3) is 0 Å². The zero-order valence-electron chi connectivity index (χ0n) is 12.2. The van der Waals surface area contributed by atoms with Gasteiger partial charge in [0.25, 0.3) is 0 Å². The van der Waals surface area contributed by atoms with Gasteiger partial charge in [0.2, 0.25) is 0 Å². The molecule has 118 valence electrons. The lowest BCUT2D eigenvalue weighted by Crippen LogP contribution is -2.45. The molecule has 0 saturated carbocycles. The molecule has 2 aliphatic heterocycles. The highest BCUT2D eigenvalue weighted by molar-refractivity contribution is 5.73. The van der Waals surface area contributed by atoms with Crippen molar-refractivity contribution in [2.24, 2.45) is 5.92 Å². The van der Waals surface area contributed by atoms with Gasteiger partial charge in [-0.15, -0.1) is 0 Å². The summed E-state index contributed by atoms with van der Waals surface area (Å²) in [5.41, 5.74) is 0.939. The normalized spacial score (nSPS) is 27.3. The Kier molecular flexibility index (Phi) is 4.29. The average Bonchev–Trinajstić information content (AvgIpc) is 2.97. The second-order valence-electron chi connectivity index (χ2n) is 5.77. The summed E-state index contributed by atoms with van der Waals surface area (Å²) in [6.07, 6.45) is -0.0130. The molecule has 0 aromatic heterocycles. The molecule has 0 spiro atoms. The van der Waals surface area contributed by atoms with Crippen molar-refractivity contribution in [3.05, 3.63) is 35.9 Å². The number of carbonyl (C=O) groups is 2. The number of aliphatic carboxylic acids is 1.